The van der Waals surface area contributed by atoms with Crippen molar-refractivity contribution in [3.8, 4) is 11.5 Å². The van der Waals surface area contributed by atoms with Crippen LogP contribution in [-0.2, 0) is 0 Å². The summed E-state index contributed by atoms with van der Waals surface area (Å²) in [7, 11) is 0. The fraction of sp³-hybridized carbons (Fsp3) is 0.222. The van der Waals surface area contributed by atoms with Gasteiger partial charge in [0.1, 0.15) is 11.5 Å². The molecule has 1 fully saturated rings. The molecule has 2 aromatic carbocycles. The second-order valence-electron chi connectivity index (χ2n) is 5.68. The molecule has 3 rings (SSSR count). The van der Waals surface area contributed by atoms with E-state index in [1.165, 1.54) is 0 Å². The minimum absolute atomic E-state index is 0. The second-order valence-corrected chi connectivity index (χ2v) is 6.12. The Hall–Kier alpha value is -2.44. The molecule has 1 aliphatic rings. The van der Waals surface area contributed by atoms with Crippen LogP contribution in [0, 0.1) is 0 Å². The third kappa shape index (κ3) is 5.54. The Morgan fingerprint density at radius 2 is 1.58 bits per heavy atom. The van der Waals surface area contributed by atoms with Gasteiger partial charge in [0.15, 0.2) is 0 Å². The highest BCUT2D eigenvalue weighted by atomic mass is 35.5. The van der Waals surface area contributed by atoms with Crippen molar-refractivity contribution in [2.45, 2.75) is 12.8 Å². The topological polar surface area (TPSA) is 80.0 Å². The number of nitrogens with zero attached hydrogens (tertiary/aromatic N) is 2. The largest absolute Gasteiger partial charge is 0.457 e. The summed E-state index contributed by atoms with van der Waals surface area (Å²) in [6.45, 7) is 1.74. The molecule has 1 aliphatic heterocycles. The maximum absolute atomic E-state index is 12.2. The number of guanidine groups is 1. The van der Waals surface area contributed by atoms with Crippen LogP contribution < -0.4 is 15.8 Å². The maximum atomic E-state index is 12.2. The number of nitrogens with one attached hydrogen (secondary N) is 1. The molecule has 0 radical (unpaired) electrons. The molecule has 1 saturated heterocycles. The van der Waals surface area contributed by atoms with Crippen LogP contribution in [0.2, 0.25) is 5.02 Å². The van der Waals surface area contributed by atoms with Gasteiger partial charge in [-0.3, -0.25) is 15.1 Å². The highest BCUT2D eigenvalue weighted by Gasteiger charge is 2.11. The van der Waals surface area contributed by atoms with Gasteiger partial charge < -0.3 is 10.5 Å². The zero-order valence-corrected chi connectivity index (χ0v) is 15.6. The number of hydrazone groups is 1. The molecule has 1 amide bonds. The fourth-order valence-corrected chi connectivity index (χ4v) is 2.61. The molecule has 138 valence electrons. The number of hydrogen-bond acceptors (Lipinski definition) is 4. The van der Waals surface area contributed by atoms with Crippen molar-refractivity contribution in [3.05, 3.63) is 59.1 Å². The Labute approximate surface area is 163 Å². The standard InChI is InChI=1S/C18H19ClN4O2.ClH/c19-14-5-9-16(10-6-14)25-15-7-3-13(4-8-15)17(24)21-18(20)22-23-11-1-2-12-23;/h3-10H,1-2,11-12H2,(H3,20,21,22,24);1H. The summed E-state index contributed by atoms with van der Waals surface area (Å²) in [4.78, 5) is 12.2. The van der Waals surface area contributed by atoms with Gasteiger partial charge in [0.2, 0.25) is 5.96 Å². The highest BCUT2D eigenvalue weighted by Crippen LogP contribution is 2.23. The van der Waals surface area contributed by atoms with E-state index in [1.54, 1.807) is 48.5 Å². The molecule has 3 N–H and O–H groups in total. The van der Waals surface area contributed by atoms with Crippen molar-refractivity contribution in [3.63, 3.8) is 0 Å². The summed E-state index contributed by atoms with van der Waals surface area (Å²) in [5.74, 6) is 1.09. The molecule has 0 unspecified atom stereocenters. The highest BCUT2D eigenvalue weighted by molar-refractivity contribution is 6.30. The lowest BCUT2D eigenvalue weighted by atomic mass is 10.2. The third-order valence-corrected chi connectivity index (χ3v) is 3.99. The Morgan fingerprint density at radius 3 is 2.15 bits per heavy atom. The average molecular weight is 395 g/mol. The summed E-state index contributed by atoms with van der Waals surface area (Å²) in [6, 6.07) is 13.8. The Morgan fingerprint density at radius 1 is 1.04 bits per heavy atom. The molecule has 26 heavy (non-hydrogen) atoms. The maximum Gasteiger partial charge on any atom is 0.257 e. The van der Waals surface area contributed by atoms with Crippen molar-refractivity contribution in [2.75, 3.05) is 13.1 Å². The number of rotatable bonds is 4. The van der Waals surface area contributed by atoms with E-state index in [2.05, 4.69) is 10.4 Å². The molecule has 8 heteroatoms. The van der Waals surface area contributed by atoms with Crippen molar-refractivity contribution >= 4 is 35.9 Å². The molecular formula is C18H20Cl2N4O2. The SMILES string of the molecule is Cl.N/C(=N\N1CCCC1)NC(=O)c1ccc(Oc2ccc(Cl)cc2)cc1. The van der Waals surface area contributed by atoms with Crippen LogP contribution in [0.5, 0.6) is 11.5 Å². The first-order valence-electron chi connectivity index (χ1n) is 8.04. The normalized spacial score (nSPS) is 13.9. The van der Waals surface area contributed by atoms with Crippen LogP contribution in [0.4, 0.5) is 0 Å². The zero-order valence-electron chi connectivity index (χ0n) is 14.0. The number of amides is 1. The van der Waals surface area contributed by atoms with E-state index in [4.69, 9.17) is 22.1 Å². The van der Waals surface area contributed by atoms with E-state index in [-0.39, 0.29) is 24.3 Å². The van der Waals surface area contributed by atoms with Gasteiger partial charge in [-0.1, -0.05) is 11.6 Å². The third-order valence-electron chi connectivity index (χ3n) is 3.74. The van der Waals surface area contributed by atoms with Crippen LogP contribution in [0.25, 0.3) is 0 Å². The Balaban J connectivity index is 0.00000243. The molecule has 0 aromatic heterocycles. The van der Waals surface area contributed by atoms with Crippen molar-refractivity contribution < 1.29 is 9.53 Å². The van der Waals surface area contributed by atoms with E-state index in [9.17, 15) is 4.79 Å². The molecule has 1 heterocycles. The number of hydrogen-bond donors (Lipinski definition) is 2. The van der Waals surface area contributed by atoms with Crippen LogP contribution in [0.3, 0.4) is 0 Å². The van der Waals surface area contributed by atoms with E-state index in [0.29, 0.717) is 22.1 Å². The average Bonchev–Trinajstić information content (AvgIpc) is 3.10. The molecule has 0 bridgehead atoms. The number of carbonyl (C=O) groups excluding carboxylic acids is 1. The summed E-state index contributed by atoms with van der Waals surface area (Å²) < 4.78 is 5.69. The van der Waals surface area contributed by atoms with Crippen LogP contribution in [0.15, 0.2) is 53.6 Å². The first-order chi connectivity index (χ1) is 12.1. The van der Waals surface area contributed by atoms with Crippen molar-refractivity contribution in [2.24, 2.45) is 10.8 Å². The number of ether oxygens (including phenoxy) is 1. The lowest BCUT2D eigenvalue weighted by Crippen LogP contribution is -2.38. The molecule has 0 atom stereocenters. The minimum Gasteiger partial charge on any atom is -0.457 e. The number of halogens is 2. The van der Waals surface area contributed by atoms with Crippen LogP contribution in [0.1, 0.15) is 23.2 Å². The zero-order chi connectivity index (χ0) is 17.6. The monoisotopic (exact) mass is 394 g/mol. The minimum atomic E-state index is -0.307. The van der Waals surface area contributed by atoms with Gasteiger partial charge in [-0.25, -0.2) is 0 Å². The van der Waals surface area contributed by atoms with Crippen molar-refractivity contribution in [1.82, 2.24) is 10.3 Å². The number of benzene rings is 2. The van der Waals surface area contributed by atoms with Gasteiger partial charge >= 0.3 is 0 Å². The molecule has 2 aromatic rings. The Kier molecular flexibility index (Phi) is 7.12. The van der Waals surface area contributed by atoms with Crippen molar-refractivity contribution in [1.29, 1.82) is 0 Å². The van der Waals surface area contributed by atoms with Gasteiger partial charge in [-0.05, 0) is 61.4 Å². The summed E-state index contributed by atoms with van der Waals surface area (Å²) in [5, 5.41) is 9.28. The first-order valence-corrected chi connectivity index (χ1v) is 8.42. The van der Waals surface area contributed by atoms with Crippen LogP contribution >= 0.6 is 24.0 Å². The Bertz CT molecular complexity index is 758. The summed E-state index contributed by atoms with van der Waals surface area (Å²) in [5.41, 5.74) is 6.25. The quantitative estimate of drug-likeness (QED) is 0.612. The van der Waals surface area contributed by atoms with Gasteiger partial charge in [0.25, 0.3) is 5.91 Å². The second kappa shape index (κ2) is 9.31. The lowest BCUT2D eigenvalue weighted by molar-refractivity contribution is 0.0976. The smallest absolute Gasteiger partial charge is 0.257 e. The predicted molar refractivity (Wildman–Crippen MR) is 105 cm³/mol. The summed E-state index contributed by atoms with van der Waals surface area (Å²) in [6.07, 6.45) is 2.19. The van der Waals surface area contributed by atoms with E-state index in [0.717, 1.165) is 25.9 Å². The van der Waals surface area contributed by atoms with Gasteiger partial charge in [0.05, 0.1) is 0 Å². The first kappa shape index (κ1) is 19.9. The van der Waals surface area contributed by atoms with Gasteiger partial charge in [-0.2, -0.15) is 0 Å². The molecule has 0 spiro atoms. The van der Waals surface area contributed by atoms with E-state index in [1.807, 2.05) is 5.01 Å². The summed E-state index contributed by atoms with van der Waals surface area (Å²) >= 11 is 5.84. The fourth-order valence-electron chi connectivity index (χ4n) is 2.48. The number of nitrogens with two attached hydrogens (primary N) is 1. The van der Waals surface area contributed by atoms with E-state index < -0.39 is 0 Å². The molecule has 0 saturated carbocycles. The van der Waals surface area contributed by atoms with Gasteiger partial charge in [0, 0.05) is 23.7 Å². The van der Waals surface area contributed by atoms with Gasteiger partial charge in [-0.15, -0.1) is 17.5 Å². The predicted octanol–water partition coefficient (Wildman–Crippen LogP) is 3.61. The lowest BCUT2D eigenvalue weighted by Gasteiger charge is -2.12. The number of carbonyl (C=O) groups is 1. The molecule has 0 aliphatic carbocycles. The molecule has 6 nitrogen and oxygen atoms in total. The molecular weight excluding hydrogens is 375 g/mol. The van der Waals surface area contributed by atoms with E-state index >= 15 is 0 Å². The van der Waals surface area contributed by atoms with Crippen LogP contribution in [-0.4, -0.2) is 30.0 Å².